The molecule has 26 heavy (non-hydrogen) atoms. The van der Waals surface area contributed by atoms with Gasteiger partial charge in [-0.25, -0.2) is 0 Å². The zero-order valence-electron chi connectivity index (χ0n) is 16.2. The van der Waals surface area contributed by atoms with Crippen molar-refractivity contribution in [3.8, 4) is 0 Å². The van der Waals surface area contributed by atoms with Gasteiger partial charge >= 0.3 is 5.97 Å². The van der Waals surface area contributed by atoms with Crippen molar-refractivity contribution in [2.24, 2.45) is 0 Å². The van der Waals surface area contributed by atoms with E-state index in [4.69, 9.17) is 4.74 Å². The normalized spacial score (nSPS) is 16.8. The molecule has 1 aromatic carbocycles. The van der Waals surface area contributed by atoms with Crippen molar-refractivity contribution in [3.63, 3.8) is 0 Å². The maximum atomic E-state index is 12.4. The Balaban J connectivity index is 2.15. The van der Waals surface area contributed by atoms with Crippen LogP contribution in [0.15, 0.2) is 43.0 Å². The highest BCUT2D eigenvalue weighted by atomic mass is 28.3. The average Bonchev–Trinajstić information content (AvgIpc) is 3.14. The molecule has 0 spiro atoms. The van der Waals surface area contributed by atoms with Crippen LogP contribution in [0.1, 0.15) is 32.6 Å². The van der Waals surface area contributed by atoms with Crippen molar-refractivity contribution in [2.75, 3.05) is 13.1 Å². The van der Waals surface area contributed by atoms with Crippen LogP contribution in [-0.4, -0.2) is 44.0 Å². The summed E-state index contributed by atoms with van der Waals surface area (Å²) < 4.78 is 5.68. The molecule has 1 saturated heterocycles. The van der Waals surface area contributed by atoms with E-state index in [-0.39, 0.29) is 23.5 Å². The van der Waals surface area contributed by atoms with Gasteiger partial charge in [-0.05, 0) is 19.3 Å². The molecule has 1 amide bonds. The Morgan fingerprint density at radius 2 is 1.85 bits per heavy atom. The zero-order chi connectivity index (χ0) is 19.2. The first-order valence-corrected chi connectivity index (χ1v) is 12.6. The van der Waals surface area contributed by atoms with E-state index in [1.165, 1.54) is 12.1 Å². The molecule has 0 aliphatic carbocycles. The number of ether oxygens (including phenoxy) is 1. The molecule has 0 N–H and O–H groups in total. The number of benzene rings is 1. The van der Waals surface area contributed by atoms with E-state index in [0.29, 0.717) is 12.8 Å². The molecule has 0 saturated carbocycles. The molecule has 142 valence electrons. The van der Waals surface area contributed by atoms with Gasteiger partial charge in [0, 0.05) is 32.0 Å². The Bertz CT molecular complexity index is 623. The van der Waals surface area contributed by atoms with Crippen LogP contribution in [-0.2, 0) is 14.3 Å². The van der Waals surface area contributed by atoms with Gasteiger partial charge in [0.1, 0.15) is 6.10 Å². The summed E-state index contributed by atoms with van der Waals surface area (Å²) >= 11 is 0. The minimum Gasteiger partial charge on any atom is -0.462 e. The summed E-state index contributed by atoms with van der Waals surface area (Å²) in [5, 5.41) is 1.30. The third-order valence-electron chi connectivity index (χ3n) is 5.42. The molecule has 1 aliphatic heterocycles. The number of nitrogens with zero attached hydrogens (tertiary/aromatic N) is 1. The molecule has 1 aromatic rings. The Labute approximate surface area is 158 Å². The molecule has 0 aromatic heterocycles. The van der Waals surface area contributed by atoms with Crippen molar-refractivity contribution in [1.82, 2.24) is 4.90 Å². The van der Waals surface area contributed by atoms with E-state index >= 15 is 0 Å². The lowest BCUT2D eigenvalue weighted by Crippen LogP contribution is -2.50. The number of carbonyl (C=O) groups is 2. The van der Waals surface area contributed by atoms with Crippen LogP contribution in [0.2, 0.25) is 18.6 Å². The smallest absolute Gasteiger partial charge is 0.302 e. The third kappa shape index (κ3) is 5.07. The minimum absolute atomic E-state index is 0.0557. The summed E-state index contributed by atoms with van der Waals surface area (Å²) in [5.41, 5.74) is 0.0557. The number of rotatable bonds is 8. The molecule has 2 rings (SSSR count). The van der Waals surface area contributed by atoms with E-state index < -0.39 is 8.07 Å². The number of hydrogen-bond donors (Lipinski definition) is 0. The van der Waals surface area contributed by atoms with Crippen molar-refractivity contribution in [3.05, 3.63) is 43.0 Å². The Hall–Kier alpha value is -1.88. The van der Waals surface area contributed by atoms with E-state index in [1.54, 1.807) is 0 Å². The van der Waals surface area contributed by atoms with Crippen molar-refractivity contribution in [1.29, 1.82) is 0 Å². The molecule has 0 radical (unpaired) electrons. The second-order valence-electron chi connectivity index (χ2n) is 7.62. The number of likely N-dealkylation sites (tertiary alicyclic amines) is 1. The highest BCUT2D eigenvalue weighted by Gasteiger charge is 2.39. The minimum atomic E-state index is -1.96. The topological polar surface area (TPSA) is 46.6 Å². The van der Waals surface area contributed by atoms with E-state index in [1.807, 2.05) is 29.2 Å². The summed E-state index contributed by atoms with van der Waals surface area (Å²) in [7, 11) is -1.96. The predicted molar refractivity (Wildman–Crippen MR) is 108 cm³/mol. The SMILES string of the molecule is C=C[C@@H]([C@@H](CCC(=O)N1CCCC1)OC(C)=O)[Si](C)(C)c1ccccc1. The second kappa shape index (κ2) is 9.17. The van der Waals surface area contributed by atoms with Gasteiger partial charge in [-0.1, -0.05) is 54.7 Å². The highest BCUT2D eigenvalue weighted by molar-refractivity contribution is 6.91. The number of carbonyl (C=O) groups excluding carboxylic acids is 2. The molecule has 4 nitrogen and oxygen atoms in total. The van der Waals surface area contributed by atoms with E-state index in [2.05, 4.69) is 31.8 Å². The first kappa shape index (κ1) is 20.4. The van der Waals surface area contributed by atoms with Gasteiger partial charge in [0.05, 0.1) is 8.07 Å². The van der Waals surface area contributed by atoms with Crippen LogP contribution in [0.5, 0.6) is 0 Å². The molecule has 5 heteroatoms. The van der Waals surface area contributed by atoms with Crippen LogP contribution in [0.25, 0.3) is 0 Å². The monoisotopic (exact) mass is 373 g/mol. The highest BCUT2D eigenvalue weighted by Crippen LogP contribution is 2.32. The first-order valence-electron chi connectivity index (χ1n) is 9.49. The third-order valence-corrected chi connectivity index (χ3v) is 9.52. The van der Waals surface area contributed by atoms with Gasteiger partial charge < -0.3 is 9.64 Å². The van der Waals surface area contributed by atoms with Crippen LogP contribution in [0.3, 0.4) is 0 Å². The van der Waals surface area contributed by atoms with Crippen molar-refractivity contribution >= 4 is 25.1 Å². The number of amides is 1. The zero-order valence-corrected chi connectivity index (χ0v) is 17.2. The van der Waals surface area contributed by atoms with Crippen LogP contribution in [0, 0.1) is 0 Å². The lowest BCUT2D eigenvalue weighted by atomic mass is 10.1. The fraction of sp³-hybridized carbons (Fsp3) is 0.524. The van der Waals surface area contributed by atoms with E-state index in [0.717, 1.165) is 25.9 Å². The van der Waals surface area contributed by atoms with Crippen LogP contribution >= 0.6 is 0 Å². The lowest BCUT2D eigenvalue weighted by molar-refractivity contribution is -0.147. The maximum absolute atomic E-state index is 12.4. The van der Waals surface area contributed by atoms with Gasteiger partial charge in [0.15, 0.2) is 0 Å². The first-order chi connectivity index (χ1) is 12.4. The lowest BCUT2D eigenvalue weighted by Gasteiger charge is -2.36. The Morgan fingerprint density at radius 3 is 2.38 bits per heavy atom. The number of hydrogen-bond acceptors (Lipinski definition) is 3. The molecule has 1 heterocycles. The van der Waals surface area contributed by atoms with Crippen LogP contribution in [0.4, 0.5) is 0 Å². The van der Waals surface area contributed by atoms with Gasteiger partial charge in [0.25, 0.3) is 0 Å². The maximum Gasteiger partial charge on any atom is 0.302 e. The van der Waals surface area contributed by atoms with Gasteiger partial charge in [0.2, 0.25) is 5.91 Å². The van der Waals surface area contributed by atoms with Crippen LogP contribution < -0.4 is 5.19 Å². The standard InChI is InChI=1S/C21H31NO3Si/c1-5-20(26(3,4)18-11-7-6-8-12-18)19(25-17(2)23)13-14-21(24)22-15-9-10-16-22/h5-8,11-12,19-20H,1,9-10,13-16H2,2-4H3/t19-,20+/m1/s1. The molecule has 0 unspecified atom stereocenters. The van der Waals surface area contributed by atoms with Crippen molar-refractivity contribution < 1.29 is 14.3 Å². The summed E-state index contributed by atoms with van der Waals surface area (Å²) in [6, 6.07) is 10.4. The fourth-order valence-corrected chi connectivity index (χ4v) is 7.08. The summed E-state index contributed by atoms with van der Waals surface area (Å²) in [6.45, 7) is 11.7. The number of esters is 1. The van der Waals surface area contributed by atoms with Gasteiger partial charge in [-0.15, -0.1) is 6.58 Å². The average molecular weight is 374 g/mol. The molecule has 2 atom stereocenters. The predicted octanol–water partition coefficient (Wildman–Crippen LogP) is 3.49. The second-order valence-corrected chi connectivity index (χ2v) is 12.3. The molecule has 0 bridgehead atoms. The largest absolute Gasteiger partial charge is 0.462 e. The summed E-state index contributed by atoms with van der Waals surface area (Å²) in [5.74, 6) is -0.130. The van der Waals surface area contributed by atoms with Gasteiger partial charge in [-0.2, -0.15) is 0 Å². The Kier molecular flexibility index (Phi) is 7.20. The van der Waals surface area contributed by atoms with E-state index in [9.17, 15) is 9.59 Å². The van der Waals surface area contributed by atoms with Gasteiger partial charge in [-0.3, -0.25) is 9.59 Å². The quantitative estimate of drug-likeness (QED) is 0.398. The summed E-state index contributed by atoms with van der Waals surface area (Å²) in [4.78, 5) is 26.1. The fourth-order valence-electron chi connectivity index (χ4n) is 3.89. The summed E-state index contributed by atoms with van der Waals surface area (Å²) in [6.07, 6.45) is 4.76. The molecule has 1 aliphatic rings. The molecule has 1 fully saturated rings. The van der Waals surface area contributed by atoms with Crippen molar-refractivity contribution in [2.45, 2.75) is 57.3 Å². The molecular weight excluding hydrogens is 342 g/mol. The Morgan fingerprint density at radius 1 is 1.23 bits per heavy atom. The molecular formula is C21H31NO3Si.